The molecule has 13 heteroatoms. The maximum absolute atomic E-state index is 11.9. The first-order valence-electron chi connectivity index (χ1n) is 14.5. The lowest BCUT2D eigenvalue weighted by molar-refractivity contribution is 0.0280. The van der Waals surface area contributed by atoms with Gasteiger partial charge >= 0.3 is 12.2 Å². The molecule has 2 aromatic heterocycles. The monoisotopic (exact) mass is 638 g/mol. The molecule has 0 aliphatic carbocycles. The van der Waals surface area contributed by atoms with Gasteiger partial charge < -0.3 is 24.4 Å². The zero-order chi connectivity index (χ0) is 33.6. The van der Waals surface area contributed by atoms with E-state index in [-0.39, 0.29) is 6.09 Å². The molecule has 2 atom stereocenters. The summed E-state index contributed by atoms with van der Waals surface area (Å²) in [5.41, 5.74) is 0.444. The van der Waals surface area contributed by atoms with E-state index in [0.29, 0.717) is 44.3 Å². The van der Waals surface area contributed by atoms with Crippen LogP contribution in [-0.2, 0) is 23.8 Å². The van der Waals surface area contributed by atoms with Gasteiger partial charge in [-0.05, 0) is 84.9 Å². The third-order valence-corrected chi connectivity index (χ3v) is 6.34. The van der Waals surface area contributed by atoms with Gasteiger partial charge in [-0.3, -0.25) is 14.2 Å². The van der Waals surface area contributed by atoms with Crippen LogP contribution in [0.5, 0.6) is 0 Å². The first kappa shape index (κ1) is 38.7. The highest BCUT2D eigenvalue weighted by Crippen LogP contribution is 2.24. The van der Waals surface area contributed by atoms with Gasteiger partial charge in [0.1, 0.15) is 17.3 Å². The van der Waals surface area contributed by atoms with Gasteiger partial charge in [0.15, 0.2) is 0 Å². The fraction of sp³-hybridized carbons (Fsp3) is 0.613. The molecule has 0 radical (unpaired) electrons. The summed E-state index contributed by atoms with van der Waals surface area (Å²) in [6.07, 6.45) is 7.89. The Balaban J connectivity index is 0.000000447. The number of hydrogen-bond acceptors (Lipinski definition) is 10. The van der Waals surface area contributed by atoms with Crippen molar-refractivity contribution in [3.8, 4) is 0 Å². The Morgan fingerprint density at radius 3 is 1.64 bits per heavy atom. The summed E-state index contributed by atoms with van der Waals surface area (Å²) in [5, 5.41) is 9.98. The third-order valence-electron chi connectivity index (χ3n) is 5.76. The predicted octanol–water partition coefficient (Wildman–Crippen LogP) is 5.51. The molecule has 2 heterocycles. The van der Waals surface area contributed by atoms with E-state index in [4.69, 9.17) is 13.7 Å². The number of pyridine rings is 2. The Morgan fingerprint density at radius 1 is 0.818 bits per heavy atom. The second kappa shape index (κ2) is 17.9. The minimum absolute atomic E-state index is 0.339. The number of carbonyl (C=O) groups is 2. The van der Waals surface area contributed by atoms with Crippen molar-refractivity contribution in [3.05, 3.63) is 60.2 Å². The van der Waals surface area contributed by atoms with Crippen LogP contribution in [0.15, 0.2) is 49.1 Å². The third kappa shape index (κ3) is 17.7. The number of amides is 2. The number of rotatable bonds is 12. The maximum atomic E-state index is 11.9. The molecule has 0 fully saturated rings. The molecule has 0 spiro atoms. The minimum atomic E-state index is -3.60. The number of aliphatic hydroxyl groups is 1. The SMILES string of the molecule is CN(CCC[C@H](O)c1cccnc1)C(=O)OC(C)(C)C.CN(CCC[C@H](OS(C)(=O)=O)c1cccnc1)C(=O)OC(C)(C)C. The van der Waals surface area contributed by atoms with Crippen LogP contribution >= 0.6 is 0 Å². The van der Waals surface area contributed by atoms with Crippen molar-refractivity contribution in [1.82, 2.24) is 19.8 Å². The fourth-order valence-corrected chi connectivity index (χ4v) is 4.31. The molecule has 0 bridgehead atoms. The van der Waals surface area contributed by atoms with E-state index in [2.05, 4.69) is 9.97 Å². The van der Waals surface area contributed by atoms with E-state index in [9.17, 15) is 23.1 Å². The summed E-state index contributed by atoms with van der Waals surface area (Å²) in [4.78, 5) is 34.6. The number of aromatic nitrogens is 2. The van der Waals surface area contributed by atoms with Gasteiger partial charge in [-0.15, -0.1) is 0 Å². The van der Waals surface area contributed by atoms with Crippen molar-refractivity contribution in [2.75, 3.05) is 33.4 Å². The van der Waals surface area contributed by atoms with Crippen LogP contribution < -0.4 is 0 Å². The molecule has 0 saturated heterocycles. The summed E-state index contributed by atoms with van der Waals surface area (Å²) in [6.45, 7) is 11.9. The molecule has 248 valence electrons. The van der Waals surface area contributed by atoms with Gasteiger partial charge in [0.05, 0.1) is 12.4 Å². The average molecular weight is 639 g/mol. The molecule has 2 amide bonds. The topological polar surface area (TPSA) is 148 Å². The summed E-state index contributed by atoms with van der Waals surface area (Å²) in [6, 6.07) is 7.13. The van der Waals surface area contributed by atoms with Crippen LogP contribution in [0.2, 0.25) is 0 Å². The van der Waals surface area contributed by atoms with E-state index in [0.717, 1.165) is 11.8 Å². The lowest BCUT2D eigenvalue weighted by Crippen LogP contribution is -2.34. The lowest BCUT2D eigenvalue weighted by atomic mass is 10.1. The van der Waals surface area contributed by atoms with Crippen molar-refractivity contribution < 1.29 is 36.8 Å². The standard InChI is InChI=1S/C16H26N2O5S.C15H24N2O3/c1-16(2,3)22-15(19)18(4)11-7-9-14(23-24(5,20)21)13-8-6-10-17-12-13;1-15(2,3)20-14(19)17(4)10-6-8-13(18)12-7-5-9-16-11-12/h6,8,10,12,14H,7,9,11H2,1-5H3;5,7,9,11,13,18H,6,8,10H2,1-4H3/t14-;13-/m00/s1. The Hall–Kier alpha value is -3.29. The second-order valence-electron chi connectivity index (χ2n) is 12.5. The molecular weight excluding hydrogens is 588 g/mol. The summed E-state index contributed by atoms with van der Waals surface area (Å²) >= 11 is 0. The molecule has 0 unspecified atom stereocenters. The van der Waals surface area contributed by atoms with Crippen molar-refractivity contribution >= 4 is 22.3 Å². The molecule has 44 heavy (non-hydrogen) atoms. The molecule has 0 aromatic carbocycles. The van der Waals surface area contributed by atoms with E-state index in [1.807, 2.05) is 26.8 Å². The first-order chi connectivity index (χ1) is 20.3. The molecular formula is C31H50N4O8S. The average Bonchev–Trinajstić information content (AvgIpc) is 2.91. The normalized spacial score (nSPS) is 13.1. The van der Waals surface area contributed by atoms with Crippen molar-refractivity contribution in [2.45, 2.75) is 90.6 Å². The maximum Gasteiger partial charge on any atom is 0.410 e. The molecule has 0 aliphatic heterocycles. The minimum Gasteiger partial charge on any atom is -0.444 e. The first-order valence-corrected chi connectivity index (χ1v) is 16.3. The lowest BCUT2D eigenvalue weighted by Gasteiger charge is -2.25. The van der Waals surface area contributed by atoms with Gasteiger partial charge in [0.2, 0.25) is 0 Å². The second-order valence-corrected chi connectivity index (χ2v) is 14.1. The highest BCUT2D eigenvalue weighted by atomic mass is 32.2. The highest BCUT2D eigenvalue weighted by Gasteiger charge is 2.22. The molecule has 2 aromatic rings. The van der Waals surface area contributed by atoms with Crippen LogP contribution in [0, 0.1) is 0 Å². The van der Waals surface area contributed by atoms with E-state index in [1.165, 1.54) is 9.80 Å². The van der Waals surface area contributed by atoms with E-state index >= 15 is 0 Å². The summed E-state index contributed by atoms with van der Waals surface area (Å²) < 4.78 is 38.6. The van der Waals surface area contributed by atoms with Gasteiger partial charge in [0.25, 0.3) is 10.1 Å². The van der Waals surface area contributed by atoms with Gasteiger partial charge in [-0.25, -0.2) is 9.59 Å². The molecule has 2 rings (SSSR count). The Labute approximate surface area is 262 Å². The smallest absolute Gasteiger partial charge is 0.410 e. The Bertz CT molecular complexity index is 1230. The summed E-state index contributed by atoms with van der Waals surface area (Å²) in [5.74, 6) is 0. The van der Waals surface area contributed by atoms with E-state index < -0.39 is 39.6 Å². The number of hydrogen-bond donors (Lipinski definition) is 1. The summed E-state index contributed by atoms with van der Waals surface area (Å²) in [7, 11) is -0.253. The molecule has 1 N–H and O–H groups in total. The molecule has 0 saturated carbocycles. The Morgan fingerprint density at radius 2 is 1.25 bits per heavy atom. The number of aliphatic hydroxyl groups excluding tert-OH is 1. The van der Waals surface area contributed by atoms with Gasteiger partial charge in [-0.1, -0.05) is 12.1 Å². The van der Waals surface area contributed by atoms with Crippen molar-refractivity contribution in [2.24, 2.45) is 0 Å². The predicted molar refractivity (Wildman–Crippen MR) is 168 cm³/mol. The van der Waals surface area contributed by atoms with Crippen LogP contribution in [0.1, 0.15) is 90.6 Å². The van der Waals surface area contributed by atoms with Gasteiger partial charge in [-0.2, -0.15) is 8.42 Å². The van der Waals surface area contributed by atoms with Crippen molar-refractivity contribution in [1.29, 1.82) is 0 Å². The zero-order valence-electron chi connectivity index (χ0n) is 27.5. The van der Waals surface area contributed by atoms with Crippen LogP contribution in [0.4, 0.5) is 9.59 Å². The van der Waals surface area contributed by atoms with Crippen LogP contribution in [0.3, 0.4) is 0 Å². The quantitative estimate of drug-likeness (QED) is 0.295. The van der Waals surface area contributed by atoms with Crippen LogP contribution in [0.25, 0.3) is 0 Å². The Kier molecular flexibility index (Phi) is 15.7. The zero-order valence-corrected chi connectivity index (χ0v) is 28.3. The van der Waals surface area contributed by atoms with Crippen molar-refractivity contribution in [3.63, 3.8) is 0 Å². The largest absolute Gasteiger partial charge is 0.444 e. The van der Waals surface area contributed by atoms with Gasteiger partial charge in [0, 0.05) is 57.5 Å². The number of ether oxygens (including phenoxy) is 2. The molecule has 12 nitrogen and oxygen atoms in total. The number of carbonyl (C=O) groups excluding carboxylic acids is 2. The highest BCUT2D eigenvalue weighted by molar-refractivity contribution is 7.86. The molecule has 0 aliphatic rings. The van der Waals surface area contributed by atoms with E-state index in [1.54, 1.807) is 77.9 Å². The van der Waals surface area contributed by atoms with Crippen LogP contribution in [-0.4, -0.2) is 90.1 Å². The fourth-order valence-electron chi connectivity index (χ4n) is 3.69. The number of nitrogens with zero attached hydrogens (tertiary/aromatic N) is 4.